The largest absolute Gasteiger partial charge is 0.344 e. The fourth-order valence-electron chi connectivity index (χ4n) is 2.93. The monoisotopic (exact) mass is 299 g/mol. The van der Waals surface area contributed by atoms with E-state index >= 15 is 0 Å². The van der Waals surface area contributed by atoms with Gasteiger partial charge in [0.25, 0.3) is 0 Å². The molecule has 1 saturated carbocycles. The Hall–Kier alpha value is -0.750. The number of hydrogen-bond acceptors (Lipinski definition) is 4. The molecule has 1 saturated heterocycles. The van der Waals surface area contributed by atoms with E-state index in [1.807, 2.05) is 11.8 Å². The summed E-state index contributed by atoms with van der Waals surface area (Å²) in [4.78, 5) is 26.0. The molecule has 2 amide bonds. The summed E-state index contributed by atoms with van der Waals surface area (Å²) < 4.78 is 0. The first-order valence-corrected chi connectivity index (χ1v) is 8.69. The van der Waals surface area contributed by atoms with E-state index in [1.165, 1.54) is 0 Å². The highest BCUT2D eigenvalue weighted by Gasteiger charge is 2.31. The summed E-state index contributed by atoms with van der Waals surface area (Å²) in [6.45, 7) is 5.14. The van der Waals surface area contributed by atoms with Crippen molar-refractivity contribution in [3.05, 3.63) is 0 Å². The van der Waals surface area contributed by atoms with Crippen LogP contribution in [0.5, 0.6) is 0 Å². The van der Waals surface area contributed by atoms with Gasteiger partial charge in [-0.1, -0.05) is 13.3 Å². The number of thioether (sulfide) groups is 1. The summed E-state index contributed by atoms with van der Waals surface area (Å²) in [6.07, 6.45) is 4.20. The number of carbonyl (C=O) groups is 2. The molecular formula is C14H25N3O2S. The number of hydrogen-bond donors (Lipinski definition) is 2. The Morgan fingerprint density at radius 2 is 2.10 bits per heavy atom. The van der Waals surface area contributed by atoms with Gasteiger partial charge in [0, 0.05) is 30.9 Å². The van der Waals surface area contributed by atoms with E-state index in [0.29, 0.717) is 18.3 Å². The van der Waals surface area contributed by atoms with Crippen molar-refractivity contribution in [1.29, 1.82) is 0 Å². The van der Waals surface area contributed by atoms with Crippen LogP contribution in [0, 0.1) is 0 Å². The van der Waals surface area contributed by atoms with Crippen molar-refractivity contribution in [3.63, 3.8) is 0 Å². The third-order valence-electron chi connectivity index (χ3n) is 3.97. The molecule has 2 aliphatic rings. The molecule has 6 heteroatoms. The Morgan fingerprint density at radius 3 is 2.90 bits per heavy atom. The van der Waals surface area contributed by atoms with E-state index in [2.05, 4.69) is 17.6 Å². The first kappa shape index (κ1) is 15.6. The molecule has 0 aromatic carbocycles. The van der Waals surface area contributed by atoms with Crippen LogP contribution in [0.25, 0.3) is 0 Å². The number of nitrogens with zero attached hydrogens (tertiary/aromatic N) is 1. The molecule has 2 unspecified atom stereocenters. The highest BCUT2D eigenvalue weighted by Crippen LogP contribution is 2.29. The van der Waals surface area contributed by atoms with E-state index in [-0.39, 0.29) is 11.9 Å². The molecule has 2 atom stereocenters. The second kappa shape index (κ2) is 7.88. The predicted molar refractivity (Wildman–Crippen MR) is 81.8 cm³/mol. The van der Waals surface area contributed by atoms with Gasteiger partial charge < -0.3 is 15.5 Å². The average molecular weight is 299 g/mol. The van der Waals surface area contributed by atoms with Gasteiger partial charge in [-0.15, -0.1) is 0 Å². The van der Waals surface area contributed by atoms with Crippen LogP contribution < -0.4 is 10.6 Å². The average Bonchev–Trinajstić information content (AvgIpc) is 2.72. The van der Waals surface area contributed by atoms with Gasteiger partial charge in [0.05, 0.1) is 0 Å². The lowest BCUT2D eigenvalue weighted by atomic mass is 10.2. The van der Waals surface area contributed by atoms with Crippen molar-refractivity contribution in [2.45, 2.75) is 43.9 Å². The summed E-state index contributed by atoms with van der Waals surface area (Å²) in [5.41, 5.74) is 0. The molecule has 20 heavy (non-hydrogen) atoms. The van der Waals surface area contributed by atoms with Crippen LogP contribution in [0.3, 0.4) is 0 Å². The minimum absolute atomic E-state index is 0.168. The number of amides is 2. The molecule has 114 valence electrons. The Kier molecular flexibility index (Phi) is 6.16. The zero-order chi connectivity index (χ0) is 14.4. The molecule has 0 aromatic rings. The van der Waals surface area contributed by atoms with Crippen LogP contribution in [-0.2, 0) is 9.59 Å². The first-order chi connectivity index (χ1) is 9.72. The van der Waals surface area contributed by atoms with Gasteiger partial charge >= 0.3 is 11.8 Å². The maximum atomic E-state index is 12.2. The summed E-state index contributed by atoms with van der Waals surface area (Å²) in [5.74, 6) is 0.282. The minimum atomic E-state index is -0.416. The number of carbonyl (C=O) groups excluding carboxylic acids is 2. The van der Waals surface area contributed by atoms with Gasteiger partial charge in [-0.3, -0.25) is 9.59 Å². The summed E-state index contributed by atoms with van der Waals surface area (Å²) in [6, 6.07) is 0.168. The van der Waals surface area contributed by atoms with Crippen molar-refractivity contribution >= 4 is 23.6 Å². The normalized spacial score (nSPS) is 27.1. The highest BCUT2D eigenvalue weighted by molar-refractivity contribution is 7.99. The lowest BCUT2D eigenvalue weighted by molar-refractivity contribution is -0.146. The molecular weight excluding hydrogens is 274 g/mol. The second-order valence-corrected chi connectivity index (χ2v) is 6.92. The molecule has 0 radical (unpaired) electrons. The van der Waals surface area contributed by atoms with Gasteiger partial charge in [-0.2, -0.15) is 11.8 Å². The van der Waals surface area contributed by atoms with Crippen LogP contribution in [0.2, 0.25) is 0 Å². The number of nitrogens with one attached hydrogen (secondary N) is 2. The summed E-state index contributed by atoms with van der Waals surface area (Å²) >= 11 is 1.89. The van der Waals surface area contributed by atoms with Crippen LogP contribution >= 0.6 is 11.8 Å². The molecule has 0 aromatic heterocycles. The Balaban J connectivity index is 1.85. The van der Waals surface area contributed by atoms with Crippen LogP contribution in [0.15, 0.2) is 0 Å². The molecule has 1 heterocycles. The molecule has 0 bridgehead atoms. The van der Waals surface area contributed by atoms with Crippen molar-refractivity contribution in [1.82, 2.24) is 15.5 Å². The molecule has 0 spiro atoms. The first-order valence-electron chi connectivity index (χ1n) is 7.64. The second-order valence-electron chi connectivity index (χ2n) is 5.40. The Bertz CT molecular complexity index is 343. The Labute approximate surface area is 125 Å². The van der Waals surface area contributed by atoms with Gasteiger partial charge in [-0.25, -0.2) is 0 Å². The van der Waals surface area contributed by atoms with Crippen molar-refractivity contribution in [2.24, 2.45) is 0 Å². The summed E-state index contributed by atoms with van der Waals surface area (Å²) in [5, 5.41) is 6.67. The van der Waals surface area contributed by atoms with Gasteiger partial charge in [0.2, 0.25) is 0 Å². The standard InChI is InChI=1S/C14H25N3O2S/c1-2-20-12-6-3-5-11(12)16-13(18)14(19)17-9-4-7-15-8-10-17/h11-12,15H,2-10H2,1H3,(H,16,18). The van der Waals surface area contributed by atoms with Crippen LogP contribution in [-0.4, -0.2) is 59.9 Å². The lowest BCUT2D eigenvalue weighted by Gasteiger charge is -2.23. The van der Waals surface area contributed by atoms with Crippen molar-refractivity contribution in [2.75, 3.05) is 31.9 Å². The van der Waals surface area contributed by atoms with Gasteiger partial charge in [-0.05, 0) is 31.6 Å². The van der Waals surface area contributed by atoms with Crippen molar-refractivity contribution in [3.8, 4) is 0 Å². The molecule has 2 N–H and O–H groups in total. The maximum absolute atomic E-state index is 12.2. The van der Waals surface area contributed by atoms with E-state index in [9.17, 15) is 9.59 Å². The van der Waals surface area contributed by atoms with Gasteiger partial charge in [0.1, 0.15) is 0 Å². The minimum Gasteiger partial charge on any atom is -0.344 e. The fraction of sp³-hybridized carbons (Fsp3) is 0.857. The summed E-state index contributed by atoms with van der Waals surface area (Å²) in [7, 11) is 0. The van der Waals surface area contributed by atoms with E-state index in [0.717, 1.165) is 44.5 Å². The zero-order valence-corrected chi connectivity index (χ0v) is 13.0. The highest BCUT2D eigenvalue weighted by atomic mass is 32.2. The molecule has 5 nitrogen and oxygen atoms in total. The third-order valence-corrected chi connectivity index (χ3v) is 5.30. The quantitative estimate of drug-likeness (QED) is 0.749. The zero-order valence-electron chi connectivity index (χ0n) is 12.2. The Morgan fingerprint density at radius 1 is 1.25 bits per heavy atom. The SMILES string of the molecule is CCSC1CCCC1NC(=O)C(=O)N1CCCNCC1. The topological polar surface area (TPSA) is 61.4 Å². The van der Waals surface area contributed by atoms with Gasteiger partial charge in [0.15, 0.2) is 0 Å². The molecule has 2 rings (SSSR count). The van der Waals surface area contributed by atoms with Crippen LogP contribution in [0.4, 0.5) is 0 Å². The molecule has 2 fully saturated rings. The smallest absolute Gasteiger partial charge is 0.311 e. The van der Waals surface area contributed by atoms with E-state index in [1.54, 1.807) is 4.90 Å². The van der Waals surface area contributed by atoms with Crippen LogP contribution in [0.1, 0.15) is 32.6 Å². The fourth-order valence-corrected chi connectivity index (χ4v) is 4.13. The third kappa shape index (κ3) is 4.12. The lowest BCUT2D eigenvalue weighted by Crippen LogP contribution is -2.48. The van der Waals surface area contributed by atoms with E-state index < -0.39 is 5.91 Å². The maximum Gasteiger partial charge on any atom is 0.311 e. The molecule has 1 aliphatic carbocycles. The molecule has 1 aliphatic heterocycles. The predicted octanol–water partition coefficient (Wildman–Crippen LogP) is 0.599. The number of rotatable bonds is 3. The van der Waals surface area contributed by atoms with Crippen molar-refractivity contribution < 1.29 is 9.59 Å². The van der Waals surface area contributed by atoms with E-state index in [4.69, 9.17) is 0 Å².